The van der Waals surface area contributed by atoms with Gasteiger partial charge >= 0.3 is 11.9 Å². The average molecular weight is 653 g/mol. The Balaban J connectivity index is 1.56. The molecular formula is C37H48O10. The zero-order chi connectivity index (χ0) is 34.4. The molecule has 5 atom stereocenters. The van der Waals surface area contributed by atoms with E-state index in [1.165, 1.54) is 21.0 Å². The second-order valence-electron chi connectivity index (χ2n) is 14.8. The summed E-state index contributed by atoms with van der Waals surface area (Å²) in [5, 5.41) is 0. The minimum Gasteiger partial charge on any atom is -0.493 e. The lowest BCUT2D eigenvalue weighted by Gasteiger charge is -2.45. The third-order valence-electron chi connectivity index (χ3n) is 9.62. The summed E-state index contributed by atoms with van der Waals surface area (Å²) in [6.07, 6.45) is -0.115. The van der Waals surface area contributed by atoms with Gasteiger partial charge in [-0.1, -0.05) is 47.6 Å². The number of methoxy groups -OCH3 is 1. The Morgan fingerprint density at radius 1 is 0.809 bits per heavy atom. The first-order valence-electron chi connectivity index (χ1n) is 16.6. The van der Waals surface area contributed by atoms with Gasteiger partial charge in [-0.15, -0.1) is 0 Å². The van der Waals surface area contributed by atoms with Gasteiger partial charge in [-0.25, -0.2) is 0 Å². The second kappa shape index (κ2) is 13.1. The van der Waals surface area contributed by atoms with Crippen LogP contribution in [0.25, 0.3) is 0 Å². The second-order valence-corrected chi connectivity index (χ2v) is 14.8. The molecular weight excluding hydrogens is 604 g/mol. The van der Waals surface area contributed by atoms with E-state index < -0.39 is 36.4 Å². The fourth-order valence-corrected chi connectivity index (χ4v) is 7.70. The lowest BCUT2D eigenvalue weighted by Crippen LogP contribution is -2.58. The first kappa shape index (κ1) is 34.7. The summed E-state index contributed by atoms with van der Waals surface area (Å²) in [4.78, 5) is 51.8. The van der Waals surface area contributed by atoms with Gasteiger partial charge in [-0.3, -0.25) is 19.2 Å². The van der Waals surface area contributed by atoms with E-state index in [-0.39, 0.29) is 34.4 Å². The molecule has 0 radical (unpaired) electrons. The molecule has 1 aromatic carbocycles. The molecule has 2 aliphatic heterocycles. The van der Waals surface area contributed by atoms with E-state index in [2.05, 4.69) is 27.7 Å². The molecule has 256 valence electrons. The van der Waals surface area contributed by atoms with Crippen LogP contribution in [0, 0.1) is 16.7 Å². The normalized spacial score (nSPS) is 28.6. The van der Waals surface area contributed by atoms with Crippen LogP contribution in [0.3, 0.4) is 0 Å². The van der Waals surface area contributed by atoms with Gasteiger partial charge in [0.05, 0.1) is 13.2 Å². The monoisotopic (exact) mass is 652 g/mol. The van der Waals surface area contributed by atoms with E-state index in [9.17, 15) is 19.2 Å². The number of esters is 2. The predicted molar refractivity (Wildman–Crippen MR) is 171 cm³/mol. The topological polar surface area (TPSA) is 124 Å². The van der Waals surface area contributed by atoms with Gasteiger partial charge in [0, 0.05) is 62.5 Å². The maximum atomic E-state index is 13.7. The fraction of sp³-hybridized carbons (Fsp3) is 0.622. The van der Waals surface area contributed by atoms with Crippen molar-refractivity contribution in [2.45, 2.75) is 124 Å². The molecule has 10 nitrogen and oxygen atoms in total. The molecule has 5 rings (SSSR count). The third-order valence-corrected chi connectivity index (χ3v) is 9.62. The number of benzene rings is 1. The largest absolute Gasteiger partial charge is 0.493 e. The Labute approximate surface area is 277 Å². The van der Waals surface area contributed by atoms with Crippen LogP contribution in [0.2, 0.25) is 0 Å². The van der Waals surface area contributed by atoms with Crippen LogP contribution in [0.15, 0.2) is 40.9 Å². The first-order chi connectivity index (χ1) is 22.1. The molecule has 0 aromatic heterocycles. The highest BCUT2D eigenvalue weighted by atomic mass is 16.7. The number of Topliss-reactive ketones (excluding diaryl/α,β-unsaturated/α-hetero) is 2. The molecule has 10 heteroatoms. The summed E-state index contributed by atoms with van der Waals surface area (Å²) < 4.78 is 36.4. The maximum absolute atomic E-state index is 13.7. The summed E-state index contributed by atoms with van der Waals surface area (Å²) >= 11 is 0. The van der Waals surface area contributed by atoms with Crippen LogP contribution in [-0.2, 0) is 38.1 Å². The number of ether oxygens (including phenoxy) is 6. The van der Waals surface area contributed by atoms with Crippen molar-refractivity contribution in [3.8, 4) is 11.5 Å². The molecule has 2 heterocycles. The van der Waals surface area contributed by atoms with Crippen molar-refractivity contribution in [3.63, 3.8) is 0 Å². The van der Waals surface area contributed by atoms with E-state index in [0.717, 1.165) is 0 Å². The van der Waals surface area contributed by atoms with Gasteiger partial charge in [0.25, 0.3) is 0 Å². The molecule has 0 N–H and O–H groups in total. The van der Waals surface area contributed by atoms with Gasteiger partial charge in [0.1, 0.15) is 11.5 Å². The predicted octanol–water partition coefficient (Wildman–Crippen LogP) is 6.50. The number of rotatable bonds is 8. The lowest BCUT2D eigenvalue weighted by molar-refractivity contribution is -0.269. The van der Waals surface area contributed by atoms with Crippen LogP contribution in [0.1, 0.15) is 105 Å². The number of hydrogen-bond acceptors (Lipinski definition) is 10. The first-order valence-corrected chi connectivity index (χ1v) is 16.6. The third kappa shape index (κ3) is 6.98. The summed E-state index contributed by atoms with van der Waals surface area (Å²) in [5.41, 5.74) is 1.22. The van der Waals surface area contributed by atoms with E-state index in [4.69, 9.17) is 28.4 Å². The average Bonchev–Trinajstić information content (AvgIpc) is 2.95. The van der Waals surface area contributed by atoms with Gasteiger partial charge in [-0.2, -0.15) is 0 Å². The zero-order valence-corrected chi connectivity index (χ0v) is 29.0. The number of hydrogen-bond donors (Lipinski definition) is 0. The van der Waals surface area contributed by atoms with Crippen LogP contribution in [0.4, 0.5) is 0 Å². The zero-order valence-electron chi connectivity index (χ0n) is 29.0. The summed E-state index contributed by atoms with van der Waals surface area (Å²) in [6, 6.07) is 5.31. The number of ketones is 2. The van der Waals surface area contributed by atoms with Gasteiger partial charge < -0.3 is 28.4 Å². The molecule has 47 heavy (non-hydrogen) atoms. The van der Waals surface area contributed by atoms with Gasteiger partial charge in [0.15, 0.2) is 29.2 Å². The maximum Gasteiger partial charge on any atom is 0.303 e. The number of carbonyl (C=O) groups is 4. The van der Waals surface area contributed by atoms with Crippen LogP contribution >= 0.6 is 0 Å². The van der Waals surface area contributed by atoms with Crippen LogP contribution in [-0.4, -0.2) is 55.2 Å². The Morgan fingerprint density at radius 3 is 1.85 bits per heavy atom. The molecule has 2 aliphatic carbocycles. The molecule has 1 aromatic rings. The number of carbonyl (C=O) groups excluding carboxylic acids is 4. The SMILES string of the molecule is CC[C@@H]1C(OC(C)=O)C(OC(C)=O)[C@H](Oc2ccc(C3C4=C(CC(C)(C)CC4=O)OC4=C3C(=O)CC(C)(C)C4)cc2OC)O[C@@H]1CC. The molecule has 0 bridgehead atoms. The molecule has 1 saturated heterocycles. The summed E-state index contributed by atoms with van der Waals surface area (Å²) in [6.45, 7) is 14.7. The highest BCUT2D eigenvalue weighted by Gasteiger charge is 2.51. The highest BCUT2D eigenvalue weighted by molar-refractivity contribution is 6.06. The lowest BCUT2D eigenvalue weighted by atomic mass is 9.65. The van der Waals surface area contributed by atoms with E-state index in [1.807, 2.05) is 19.9 Å². The van der Waals surface area contributed by atoms with Crippen molar-refractivity contribution in [2.24, 2.45) is 16.7 Å². The quantitative estimate of drug-likeness (QED) is 0.288. The van der Waals surface area contributed by atoms with Crippen molar-refractivity contribution in [2.75, 3.05) is 7.11 Å². The van der Waals surface area contributed by atoms with E-state index in [0.29, 0.717) is 78.3 Å². The Kier molecular flexibility index (Phi) is 9.66. The van der Waals surface area contributed by atoms with E-state index in [1.54, 1.807) is 12.1 Å². The Hall–Kier alpha value is -3.66. The molecule has 0 amide bonds. The van der Waals surface area contributed by atoms with Crippen molar-refractivity contribution >= 4 is 23.5 Å². The molecule has 2 unspecified atom stereocenters. The molecule has 0 spiro atoms. The summed E-state index contributed by atoms with van der Waals surface area (Å²) in [7, 11) is 1.50. The Bertz CT molecular complexity index is 1460. The van der Waals surface area contributed by atoms with Crippen LogP contribution in [0.5, 0.6) is 11.5 Å². The minimum absolute atomic E-state index is 0.0304. The Morgan fingerprint density at radius 2 is 1.36 bits per heavy atom. The standard InChI is InChI=1S/C37H48O10/c1-10-22-25(11-2)46-35(34(44-20(4)39)33(22)43-19(3)38)47-26-13-12-21(14-27(26)42-9)30-31-23(40)15-36(5,6)17-28(31)45-29-18-37(7,8)16-24(41)32(29)30/h12-14,22,25,30,33-35H,10-11,15-18H2,1-9H3/t22-,25+,33?,34?,35-/m0/s1. The van der Waals surface area contributed by atoms with Crippen molar-refractivity contribution in [1.29, 1.82) is 0 Å². The van der Waals surface area contributed by atoms with Gasteiger partial charge in [-0.05, 0) is 41.4 Å². The van der Waals surface area contributed by atoms with Crippen molar-refractivity contribution in [1.82, 2.24) is 0 Å². The smallest absolute Gasteiger partial charge is 0.303 e. The van der Waals surface area contributed by atoms with Crippen LogP contribution < -0.4 is 9.47 Å². The minimum atomic E-state index is -1.10. The highest BCUT2D eigenvalue weighted by Crippen LogP contribution is 2.54. The summed E-state index contributed by atoms with van der Waals surface area (Å²) in [5.74, 6) is -0.0434. The fourth-order valence-electron chi connectivity index (χ4n) is 7.70. The molecule has 4 aliphatic rings. The van der Waals surface area contributed by atoms with Gasteiger partial charge in [0.2, 0.25) is 12.4 Å². The molecule has 0 saturated carbocycles. The number of allylic oxidation sites excluding steroid dienone is 4. The molecule has 1 fully saturated rings. The van der Waals surface area contributed by atoms with Crippen molar-refractivity contribution < 1.29 is 47.6 Å². The van der Waals surface area contributed by atoms with E-state index >= 15 is 0 Å². The van der Waals surface area contributed by atoms with Crippen molar-refractivity contribution in [3.05, 3.63) is 46.4 Å².